The second kappa shape index (κ2) is 19.7. The van der Waals surface area contributed by atoms with Crippen LogP contribution in [0.15, 0.2) is 60.7 Å². The predicted molar refractivity (Wildman–Crippen MR) is 272 cm³/mol. The Labute approximate surface area is 466 Å². The van der Waals surface area contributed by atoms with Gasteiger partial charge in [0.25, 0.3) is 0 Å². The number of halogens is 19. The second-order valence-corrected chi connectivity index (χ2v) is 19.5. The van der Waals surface area contributed by atoms with E-state index in [4.69, 9.17) is 4.74 Å². The first-order valence-electron chi connectivity index (χ1n) is 24.7. The van der Waals surface area contributed by atoms with Crippen LogP contribution in [0.3, 0.4) is 0 Å². The minimum Gasteiger partial charge on any atom is -0.508 e. The van der Waals surface area contributed by atoms with E-state index >= 15 is 70.2 Å². The van der Waals surface area contributed by atoms with Gasteiger partial charge in [-0.05, 0) is 96.1 Å². The molecule has 434 valence electrons. The van der Waals surface area contributed by atoms with Crippen LogP contribution in [0.5, 0.6) is 17.2 Å². The molecule has 7 heterocycles. The molecule has 0 atom stereocenters. The Kier molecular flexibility index (Phi) is 12.6. The molecule has 10 bridgehead atoms. The van der Waals surface area contributed by atoms with Crippen molar-refractivity contribution in [2.45, 2.75) is 13.1 Å². The number of H-pyrrole nitrogens is 2. The summed E-state index contributed by atoms with van der Waals surface area (Å²) in [6.07, 6.45) is 2.61. The highest BCUT2D eigenvalue weighted by atomic mass is 19.2. The number of nitrogens with zero attached hydrogens (tertiary/aromatic N) is 4. The van der Waals surface area contributed by atoms with Crippen molar-refractivity contribution in [3.8, 4) is 61.8 Å². The van der Waals surface area contributed by atoms with Gasteiger partial charge >= 0.3 is 0 Å². The molecule has 86 heavy (non-hydrogen) atoms. The van der Waals surface area contributed by atoms with E-state index in [1.165, 1.54) is 24.3 Å². The van der Waals surface area contributed by atoms with E-state index in [1.807, 2.05) is 9.80 Å². The maximum Gasteiger partial charge on any atom is 0.205 e. The molecule has 3 N–H and O–H groups in total. The number of nitrogens with one attached hydrogen (secondary N) is 2. The summed E-state index contributed by atoms with van der Waals surface area (Å²) >= 11 is 0. The fourth-order valence-corrected chi connectivity index (χ4v) is 10.9. The fourth-order valence-electron chi connectivity index (χ4n) is 10.9. The van der Waals surface area contributed by atoms with E-state index < -0.39 is 206 Å². The van der Waals surface area contributed by atoms with Gasteiger partial charge in [0.1, 0.15) is 11.5 Å². The molecule has 0 amide bonds. The number of hydrogen-bond donors (Lipinski definition) is 3. The van der Waals surface area contributed by atoms with Crippen molar-refractivity contribution in [1.82, 2.24) is 19.9 Å². The summed E-state index contributed by atoms with van der Waals surface area (Å²) < 4.78 is 305. The molecule has 0 saturated carbocycles. The zero-order valence-electron chi connectivity index (χ0n) is 42.0. The Balaban J connectivity index is 1.11. The Bertz CT molecular complexity index is 4640. The third kappa shape index (κ3) is 8.09. The first-order chi connectivity index (χ1) is 40.9. The Morgan fingerprint density at radius 1 is 0.337 bits per heavy atom. The van der Waals surface area contributed by atoms with Crippen LogP contribution in [0.25, 0.3) is 90.9 Å². The quantitative estimate of drug-likeness (QED) is 0.0873. The molecule has 4 aliphatic rings. The monoisotopic (exact) mass is 1210 g/mol. The number of anilines is 2. The van der Waals surface area contributed by atoms with Crippen molar-refractivity contribution in [1.29, 1.82) is 0 Å². The third-order valence-electron chi connectivity index (χ3n) is 14.7. The Hall–Kier alpha value is -10.2. The Morgan fingerprint density at radius 3 is 0.965 bits per heavy atom. The number of hydrogen-bond acceptors (Lipinski definition) is 6. The summed E-state index contributed by atoms with van der Waals surface area (Å²) in [4.78, 5) is 16.6. The smallest absolute Gasteiger partial charge is 0.205 e. The minimum atomic E-state index is -2.71. The van der Waals surface area contributed by atoms with Crippen LogP contribution in [-0.2, 0) is 13.1 Å². The topological polar surface area (TPSA) is 93.3 Å². The molecular formula is C59H23F19N6O2. The molecule has 0 unspecified atom stereocenters. The van der Waals surface area contributed by atoms with E-state index in [1.54, 1.807) is 12.1 Å². The van der Waals surface area contributed by atoms with Gasteiger partial charge in [-0.25, -0.2) is 84.6 Å². The molecule has 8 nitrogen and oxygen atoms in total. The zero-order valence-corrected chi connectivity index (χ0v) is 42.0. The van der Waals surface area contributed by atoms with E-state index in [-0.39, 0.29) is 18.0 Å². The summed E-state index contributed by atoms with van der Waals surface area (Å²) in [6, 6.07) is 11.5. The van der Waals surface area contributed by atoms with Gasteiger partial charge in [0, 0.05) is 68.8 Å². The molecule has 13 rings (SSSR count). The average molecular weight is 1210 g/mol. The number of benzene rings is 6. The van der Waals surface area contributed by atoms with Crippen LogP contribution in [0.2, 0.25) is 0 Å². The number of fused-ring (bicyclic) bond motifs is 14. The Morgan fingerprint density at radius 2 is 0.628 bits per heavy atom. The summed E-state index contributed by atoms with van der Waals surface area (Å²) in [5, 5.41) is 10.1. The highest BCUT2D eigenvalue weighted by molar-refractivity contribution is 6.00. The van der Waals surface area contributed by atoms with E-state index in [0.29, 0.717) is 73.0 Å². The number of aromatic hydroxyl groups is 1. The van der Waals surface area contributed by atoms with Crippen molar-refractivity contribution >= 4 is 57.7 Å². The molecule has 3 aromatic heterocycles. The lowest BCUT2D eigenvalue weighted by molar-refractivity contribution is 0.367. The lowest BCUT2D eigenvalue weighted by Crippen LogP contribution is -2.46. The van der Waals surface area contributed by atoms with Crippen molar-refractivity contribution in [3.05, 3.63) is 205 Å². The van der Waals surface area contributed by atoms with Crippen LogP contribution in [0, 0.1) is 111 Å². The molecule has 27 heteroatoms. The third-order valence-corrected chi connectivity index (χ3v) is 14.7. The molecular weight excluding hydrogens is 1190 g/mol. The van der Waals surface area contributed by atoms with Crippen molar-refractivity contribution in [2.24, 2.45) is 0 Å². The van der Waals surface area contributed by atoms with Crippen LogP contribution < -0.4 is 14.5 Å². The van der Waals surface area contributed by atoms with Gasteiger partial charge in [0.15, 0.2) is 81.4 Å². The van der Waals surface area contributed by atoms with Crippen LogP contribution >= 0.6 is 0 Å². The highest BCUT2D eigenvalue weighted by Crippen LogP contribution is 2.47. The molecule has 0 fully saturated rings. The van der Waals surface area contributed by atoms with Crippen molar-refractivity contribution < 1.29 is 93.3 Å². The number of phenols is 1. The SMILES string of the molecule is Oc1ccc2c(c1)CN1CN2Cc2cc(Oc3c(F)c(F)c(-c4c5nc(c(-c6c(F)c(F)c(F)c(F)c6F)c6ccc([nH]6)c(-c6c(F)c(F)c(F)c(F)c6F)c6nc(c(-c7c(F)c(F)c(F)c(F)c7F)c7ccc4[nH]7)C=C6)C=C5)c(F)c3F)ccc21. The number of phenolic OH excluding ortho intramolecular Hbond substituents is 1. The number of rotatable bonds is 6. The zero-order chi connectivity index (χ0) is 61.0. The molecule has 0 spiro atoms. The van der Waals surface area contributed by atoms with Gasteiger partial charge < -0.3 is 29.6 Å². The second-order valence-electron chi connectivity index (χ2n) is 19.5. The predicted octanol–water partition coefficient (Wildman–Crippen LogP) is 16.8. The van der Waals surface area contributed by atoms with Crippen LogP contribution in [-0.4, -0.2) is 31.7 Å². The minimum absolute atomic E-state index is 0.0114. The summed E-state index contributed by atoms with van der Waals surface area (Å²) in [5.41, 5.74) is -17.3. The normalized spacial score (nSPS) is 13.3. The molecule has 6 aromatic carbocycles. The molecule has 9 aromatic rings. The summed E-state index contributed by atoms with van der Waals surface area (Å²) in [6.45, 7) is 0.862. The van der Waals surface area contributed by atoms with Gasteiger partial charge in [-0.1, -0.05) is 0 Å². The first-order valence-corrected chi connectivity index (χ1v) is 24.7. The average Bonchev–Trinajstić information content (AvgIpc) is 1.55. The lowest BCUT2D eigenvalue weighted by Gasteiger charge is -2.44. The van der Waals surface area contributed by atoms with E-state index in [2.05, 4.69) is 19.9 Å². The number of ether oxygens (including phenoxy) is 1. The van der Waals surface area contributed by atoms with Crippen molar-refractivity contribution in [3.63, 3.8) is 0 Å². The largest absolute Gasteiger partial charge is 0.508 e. The maximum atomic E-state index is 17.2. The van der Waals surface area contributed by atoms with Gasteiger partial charge in [-0.3, -0.25) is 0 Å². The first kappa shape index (κ1) is 55.0. The standard InChI is InChI=1S/C59H23F19N6O2/c60-40-36(41(61)49(69)54(74)48(40)68)32-22-3-5-24(79-22)33(37-42(62)50(70)55(75)51(71)43(37)63)26-7-9-28(81-26)35(29-10-8-27(82-29)34(25-6-4-23(32)80-25)38-44(64)52(72)56(76)53(73)45(38)65)39-46(66)57(77)59(58(78)47(39)67)86-21-2-12-31-19(14-21)16-84-17-83(31)15-18-13-20(85)1-11-30(18)84/h1-14,79,82,85H,15-17H2. The number of aromatic amines is 2. The molecule has 0 saturated heterocycles. The summed E-state index contributed by atoms with van der Waals surface area (Å²) in [5.74, 6) is -50.5. The number of aromatic nitrogens is 4. The molecule has 0 aliphatic carbocycles. The van der Waals surface area contributed by atoms with Crippen molar-refractivity contribution in [2.75, 3.05) is 16.5 Å². The van der Waals surface area contributed by atoms with Gasteiger partial charge in [0.2, 0.25) is 34.8 Å². The molecule has 0 radical (unpaired) electrons. The molecule has 4 aliphatic heterocycles. The fraction of sp³-hybridized carbons (Fsp3) is 0.0508. The summed E-state index contributed by atoms with van der Waals surface area (Å²) in [7, 11) is 0. The van der Waals surface area contributed by atoms with E-state index in [0.717, 1.165) is 11.3 Å². The van der Waals surface area contributed by atoms with Gasteiger partial charge in [0.05, 0.1) is 51.7 Å². The highest BCUT2D eigenvalue weighted by Gasteiger charge is 2.37. The van der Waals surface area contributed by atoms with Crippen LogP contribution in [0.1, 0.15) is 33.9 Å². The van der Waals surface area contributed by atoms with Gasteiger partial charge in [-0.2, -0.15) is 8.78 Å². The van der Waals surface area contributed by atoms with Gasteiger partial charge in [-0.15, -0.1) is 0 Å². The lowest BCUT2D eigenvalue weighted by atomic mass is 10.0. The van der Waals surface area contributed by atoms with E-state index in [9.17, 15) is 18.3 Å². The maximum absolute atomic E-state index is 17.2. The van der Waals surface area contributed by atoms with Crippen LogP contribution in [0.4, 0.5) is 94.8 Å².